The number of imidazole rings is 1. The lowest BCUT2D eigenvalue weighted by Gasteiger charge is -2.26. The van der Waals surface area contributed by atoms with Crippen LogP contribution in [0.3, 0.4) is 0 Å². The molecule has 1 saturated heterocycles. The number of nitrogens with one attached hydrogen (secondary N) is 2. The molecule has 2 N–H and O–H groups in total. The lowest BCUT2D eigenvalue weighted by atomic mass is 10.2. The topological polar surface area (TPSA) is 56.8 Å². The van der Waals surface area contributed by atoms with E-state index in [4.69, 9.17) is 0 Å². The highest BCUT2D eigenvalue weighted by Gasteiger charge is 2.11. The van der Waals surface area contributed by atoms with Crippen LogP contribution in [-0.2, 0) is 6.54 Å². The Morgan fingerprint density at radius 1 is 1.17 bits per heavy atom. The summed E-state index contributed by atoms with van der Waals surface area (Å²) in [6, 6.07) is 3.98. The van der Waals surface area contributed by atoms with E-state index in [1.54, 1.807) is 12.4 Å². The van der Waals surface area contributed by atoms with Gasteiger partial charge < -0.3 is 10.3 Å². The number of piperazine rings is 1. The van der Waals surface area contributed by atoms with E-state index in [9.17, 15) is 0 Å². The Bertz CT molecular complexity index is 487. The van der Waals surface area contributed by atoms with Gasteiger partial charge in [-0.05, 0) is 12.1 Å². The minimum atomic E-state index is 0.896. The number of nitrogens with zero attached hydrogens (tertiary/aromatic N) is 3. The molecule has 0 unspecified atom stereocenters. The van der Waals surface area contributed by atoms with Crippen molar-refractivity contribution in [3.8, 4) is 11.3 Å². The second kappa shape index (κ2) is 5.29. The summed E-state index contributed by atoms with van der Waals surface area (Å²) in [4.78, 5) is 14.3. The zero-order valence-electron chi connectivity index (χ0n) is 10.3. The third kappa shape index (κ3) is 2.57. The van der Waals surface area contributed by atoms with E-state index < -0.39 is 0 Å². The zero-order valence-corrected chi connectivity index (χ0v) is 10.3. The van der Waals surface area contributed by atoms with Crippen molar-refractivity contribution in [3.63, 3.8) is 0 Å². The molecule has 0 aliphatic carbocycles. The van der Waals surface area contributed by atoms with Crippen LogP contribution in [0.4, 0.5) is 0 Å². The first-order valence-corrected chi connectivity index (χ1v) is 6.29. The highest BCUT2D eigenvalue weighted by molar-refractivity contribution is 5.57. The Morgan fingerprint density at radius 3 is 2.72 bits per heavy atom. The number of hydrogen-bond acceptors (Lipinski definition) is 4. The van der Waals surface area contributed by atoms with Gasteiger partial charge >= 0.3 is 0 Å². The van der Waals surface area contributed by atoms with Gasteiger partial charge in [0, 0.05) is 44.1 Å². The van der Waals surface area contributed by atoms with E-state index in [1.165, 1.54) is 0 Å². The maximum absolute atomic E-state index is 4.45. The fraction of sp³-hybridized carbons (Fsp3) is 0.385. The summed E-state index contributed by atoms with van der Waals surface area (Å²) in [5, 5.41) is 3.35. The second-order valence-corrected chi connectivity index (χ2v) is 4.51. The Morgan fingerprint density at radius 2 is 1.94 bits per heavy atom. The van der Waals surface area contributed by atoms with Crippen molar-refractivity contribution in [2.45, 2.75) is 6.54 Å². The monoisotopic (exact) mass is 243 g/mol. The molecular formula is C13H17N5. The number of rotatable bonds is 3. The van der Waals surface area contributed by atoms with Crippen LogP contribution in [0.2, 0.25) is 0 Å². The van der Waals surface area contributed by atoms with Crippen molar-refractivity contribution in [1.29, 1.82) is 0 Å². The Kier molecular flexibility index (Phi) is 3.34. The third-order valence-corrected chi connectivity index (χ3v) is 3.20. The average Bonchev–Trinajstić information content (AvgIpc) is 2.89. The van der Waals surface area contributed by atoms with Gasteiger partial charge in [-0.1, -0.05) is 0 Å². The summed E-state index contributed by atoms with van der Waals surface area (Å²) in [5.74, 6) is 1.03. The van der Waals surface area contributed by atoms with Crippen LogP contribution in [0.1, 0.15) is 5.82 Å². The molecular weight excluding hydrogens is 226 g/mol. The van der Waals surface area contributed by atoms with Crippen molar-refractivity contribution < 1.29 is 0 Å². The number of aromatic amines is 1. The highest BCUT2D eigenvalue weighted by atomic mass is 15.2. The maximum Gasteiger partial charge on any atom is 0.120 e. The van der Waals surface area contributed by atoms with Gasteiger partial charge in [0.25, 0.3) is 0 Å². The molecule has 3 rings (SSSR count). The Balaban J connectivity index is 1.69. The van der Waals surface area contributed by atoms with Crippen molar-refractivity contribution >= 4 is 0 Å². The molecule has 5 nitrogen and oxygen atoms in total. The molecule has 0 bridgehead atoms. The standard InChI is InChI=1S/C13H17N5/c1-3-14-4-2-11(1)12-9-16-13(17-12)10-18-7-5-15-6-8-18/h1-4,9,15H,5-8,10H2,(H,16,17). The van der Waals surface area contributed by atoms with Gasteiger partial charge in [0.05, 0.1) is 18.4 Å². The quantitative estimate of drug-likeness (QED) is 0.840. The van der Waals surface area contributed by atoms with Gasteiger partial charge in [-0.2, -0.15) is 0 Å². The first-order chi connectivity index (χ1) is 8.92. The van der Waals surface area contributed by atoms with Crippen LogP contribution >= 0.6 is 0 Å². The Labute approximate surface area is 106 Å². The molecule has 0 atom stereocenters. The molecule has 94 valence electrons. The molecule has 0 spiro atoms. The summed E-state index contributed by atoms with van der Waals surface area (Å²) in [6.45, 7) is 5.21. The lowest BCUT2D eigenvalue weighted by Crippen LogP contribution is -2.43. The number of hydrogen-bond donors (Lipinski definition) is 2. The Hall–Kier alpha value is -1.72. The van der Waals surface area contributed by atoms with E-state index in [2.05, 4.69) is 25.2 Å². The van der Waals surface area contributed by atoms with Crippen molar-refractivity contribution in [1.82, 2.24) is 25.2 Å². The molecule has 0 radical (unpaired) electrons. The van der Waals surface area contributed by atoms with Gasteiger partial charge in [0.2, 0.25) is 0 Å². The molecule has 18 heavy (non-hydrogen) atoms. The van der Waals surface area contributed by atoms with Gasteiger partial charge in [-0.15, -0.1) is 0 Å². The first-order valence-electron chi connectivity index (χ1n) is 6.29. The molecule has 1 aliphatic rings. The van der Waals surface area contributed by atoms with E-state index in [1.807, 2.05) is 18.3 Å². The van der Waals surface area contributed by atoms with Crippen LogP contribution in [-0.4, -0.2) is 46.0 Å². The van der Waals surface area contributed by atoms with E-state index in [0.717, 1.165) is 49.8 Å². The minimum Gasteiger partial charge on any atom is -0.341 e. The van der Waals surface area contributed by atoms with Crippen LogP contribution in [0, 0.1) is 0 Å². The molecule has 0 saturated carbocycles. The third-order valence-electron chi connectivity index (χ3n) is 3.20. The normalized spacial score (nSPS) is 16.9. The maximum atomic E-state index is 4.45. The van der Waals surface area contributed by atoms with E-state index in [-0.39, 0.29) is 0 Å². The molecule has 0 amide bonds. The molecule has 0 aromatic carbocycles. The fourth-order valence-corrected chi connectivity index (χ4v) is 2.20. The second-order valence-electron chi connectivity index (χ2n) is 4.51. The van der Waals surface area contributed by atoms with Crippen molar-refractivity contribution in [2.24, 2.45) is 0 Å². The molecule has 5 heteroatoms. The SMILES string of the molecule is c1cc(-c2cnc(CN3CCNCC3)[nH]2)ccn1. The van der Waals surface area contributed by atoms with E-state index in [0.29, 0.717) is 0 Å². The van der Waals surface area contributed by atoms with E-state index >= 15 is 0 Å². The molecule has 1 aliphatic heterocycles. The van der Waals surface area contributed by atoms with Gasteiger partial charge in [-0.25, -0.2) is 4.98 Å². The highest BCUT2D eigenvalue weighted by Crippen LogP contribution is 2.15. The number of aromatic nitrogens is 3. The van der Waals surface area contributed by atoms with Crippen molar-refractivity contribution in [2.75, 3.05) is 26.2 Å². The van der Waals surface area contributed by atoms with Crippen LogP contribution in [0.15, 0.2) is 30.7 Å². The van der Waals surface area contributed by atoms with Crippen LogP contribution in [0.5, 0.6) is 0 Å². The van der Waals surface area contributed by atoms with Crippen LogP contribution in [0.25, 0.3) is 11.3 Å². The summed E-state index contributed by atoms with van der Waals surface area (Å²) in [7, 11) is 0. The number of pyridine rings is 1. The molecule has 2 aromatic heterocycles. The van der Waals surface area contributed by atoms with Gasteiger partial charge in [0.1, 0.15) is 5.82 Å². The largest absolute Gasteiger partial charge is 0.341 e. The summed E-state index contributed by atoms with van der Waals surface area (Å²) < 4.78 is 0. The first kappa shape index (κ1) is 11.4. The van der Waals surface area contributed by atoms with Crippen molar-refractivity contribution in [3.05, 3.63) is 36.5 Å². The fourth-order valence-electron chi connectivity index (χ4n) is 2.20. The summed E-state index contributed by atoms with van der Waals surface area (Å²) in [5.41, 5.74) is 2.19. The smallest absolute Gasteiger partial charge is 0.120 e. The lowest BCUT2D eigenvalue weighted by molar-refractivity contribution is 0.228. The average molecular weight is 243 g/mol. The molecule has 2 aromatic rings. The predicted octanol–water partition coefficient (Wildman–Crippen LogP) is 0.877. The molecule has 1 fully saturated rings. The summed E-state index contributed by atoms with van der Waals surface area (Å²) >= 11 is 0. The minimum absolute atomic E-state index is 0.896. The number of H-pyrrole nitrogens is 1. The van der Waals surface area contributed by atoms with Gasteiger partial charge in [-0.3, -0.25) is 9.88 Å². The predicted molar refractivity (Wildman–Crippen MR) is 70.0 cm³/mol. The van der Waals surface area contributed by atoms with Crippen LogP contribution < -0.4 is 5.32 Å². The van der Waals surface area contributed by atoms with Gasteiger partial charge in [0.15, 0.2) is 0 Å². The zero-order chi connectivity index (χ0) is 12.2. The molecule has 3 heterocycles. The summed E-state index contributed by atoms with van der Waals surface area (Å²) in [6.07, 6.45) is 5.49.